The van der Waals surface area contributed by atoms with Gasteiger partial charge in [0.1, 0.15) is 0 Å². The molecule has 0 saturated heterocycles. The zero-order chi connectivity index (χ0) is 18.0. The van der Waals surface area contributed by atoms with E-state index in [4.69, 9.17) is 4.52 Å². The van der Waals surface area contributed by atoms with Crippen molar-refractivity contribution in [3.63, 3.8) is 0 Å². The van der Waals surface area contributed by atoms with E-state index < -0.39 is 11.7 Å². The van der Waals surface area contributed by atoms with E-state index >= 15 is 0 Å². The normalized spacial score (nSPS) is 13.2. The van der Waals surface area contributed by atoms with E-state index in [1.165, 1.54) is 10.7 Å². The molecule has 1 unspecified atom stereocenters. The predicted molar refractivity (Wildman–Crippen MR) is 84.1 cm³/mol. The highest BCUT2D eigenvalue weighted by atomic mass is 19.4. The van der Waals surface area contributed by atoms with Gasteiger partial charge in [-0.2, -0.15) is 23.3 Å². The Labute approximate surface area is 141 Å². The van der Waals surface area contributed by atoms with Crippen LogP contribution in [0.25, 0.3) is 17.3 Å². The molecular weight excluding hydrogens is 335 g/mol. The molecule has 3 aromatic rings. The number of nitrogens with one attached hydrogen (secondary N) is 1. The maximum Gasteiger partial charge on any atom is 0.416 e. The van der Waals surface area contributed by atoms with Crippen LogP contribution in [-0.2, 0) is 12.6 Å². The lowest BCUT2D eigenvalue weighted by Crippen LogP contribution is -2.24. The number of hydrogen-bond donors (Lipinski definition) is 1. The van der Waals surface area contributed by atoms with Crippen molar-refractivity contribution in [3.8, 4) is 17.3 Å². The minimum absolute atomic E-state index is 0.188. The average molecular weight is 351 g/mol. The summed E-state index contributed by atoms with van der Waals surface area (Å²) in [5, 5.41) is 11.2. The van der Waals surface area contributed by atoms with Gasteiger partial charge in [0.25, 0.3) is 5.89 Å². The van der Waals surface area contributed by atoms with E-state index in [1.807, 2.05) is 14.0 Å². The van der Waals surface area contributed by atoms with Crippen molar-refractivity contribution in [2.75, 3.05) is 7.05 Å². The lowest BCUT2D eigenvalue weighted by molar-refractivity contribution is -0.137. The molecule has 0 amide bonds. The molecule has 3 rings (SSSR count). The monoisotopic (exact) mass is 351 g/mol. The van der Waals surface area contributed by atoms with Gasteiger partial charge in [0.15, 0.2) is 11.5 Å². The third-order valence-electron chi connectivity index (χ3n) is 3.70. The highest BCUT2D eigenvalue weighted by molar-refractivity contribution is 5.47. The number of hydrogen-bond acceptors (Lipinski definition) is 5. The molecule has 0 bridgehead atoms. The Bertz CT molecular complexity index is 855. The number of alkyl halides is 3. The first-order valence-electron chi connectivity index (χ1n) is 7.60. The van der Waals surface area contributed by atoms with Crippen LogP contribution in [0.3, 0.4) is 0 Å². The molecule has 0 aliphatic heterocycles. The Morgan fingerprint density at radius 1 is 1.28 bits per heavy atom. The van der Waals surface area contributed by atoms with Gasteiger partial charge in [-0.1, -0.05) is 11.2 Å². The largest absolute Gasteiger partial charge is 0.416 e. The van der Waals surface area contributed by atoms with Gasteiger partial charge in [-0.05, 0) is 38.2 Å². The average Bonchev–Trinajstić information content (AvgIpc) is 3.23. The van der Waals surface area contributed by atoms with Crippen LogP contribution >= 0.6 is 0 Å². The number of rotatable bonds is 5. The second kappa shape index (κ2) is 6.67. The molecule has 0 saturated carbocycles. The van der Waals surface area contributed by atoms with Crippen molar-refractivity contribution in [1.82, 2.24) is 25.2 Å². The predicted octanol–water partition coefficient (Wildman–Crippen LogP) is 3.09. The van der Waals surface area contributed by atoms with Crippen molar-refractivity contribution in [1.29, 1.82) is 0 Å². The van der Waals surface area contributed by atoms with Crippen LogP contribution in [0.2, 0.25) is 0 Å². The third-order valence-corrected chi connectivity index (χ3v) is 3.70. The molecule has 6 nitrogen and oxygen atoms in total. The molecule has 132 valence electrons. The maximum atomic E-state index is 12.8. The van der Waals surface area contributed by atoms with E-state index in [-0.39, 0.29) is 11.9 Å². The lowest BCUT2D eigenvalue weighted by atomic mass is 10.2. The van der Waals surface area contributed by atoms with E-state index in [1.54, 1.807) is 18.3 Å². The highest BCUT2D eigenvalue weighted by Crippen LogP contribution is 2.30. The number of likely N-dealkylation sites (N-methyl/N-ethyl adjacent to an activating group) is 1. The molecule has 0 radical (unpaired) electrons. The summed E-state index contributed by atoms with van der Waals surface area (Å²) in [7, 11) is 1.84. The molecule has 9 heteroatoms. The van der Waals surface area contributed by atoms with Crippen LogP contribution in [0, 0.1) is 0 Å². The van der Waals surface area contributed by atoms with Gasteiger partial charge in [-0.3, -0.25) is 0 Å². The van der Waals surface area contributed by atoms with Crippen molar-refractivity contribution in [3.05, 3.63) is 47.9 Å². The SMILES string of the molecule is CNC(C)Cc1noc(-c2ccn(-c3cccc(C(F)(F)F)c3)n2)n1. The Balaban J connectivity index is 1.84. The molecule has 1 N–H and O–H groups in total. The van der Waals surface area contributed by atoms with Crippen LogP contribution in [-0.4, -0.2) is 33.0 Å². The van der Waals surface area contributed by atoms with Crippen molar-refractivity contribution < 1.29 is 17.7 Å². The van der Waals surface area contributed by atoms with Gasteiger partial charge in [0.05, 0.1) is 11.3 Å². The van der Waals surface area contributed by atoms with Crippen LogP contribution < -0.4 is 5.32 Å². The standard InChI is InChI=1S/C16H16F3N5O/c1-10(20-2)8-14-21-15(25-23-14)13-6-7-24(22-13)12-5-3-4-11(9-12)16(17,18)19/h3-7,9-10,20H,8H2,1-2H3. The Kier molecular flexibility index (Phi) is 4.58. The quantitative estimate of drug-likeness (QED) is 0.765. The first-order chi connectivity index (χ1) is 11.9. The van der Waals surface area contributed by atoms with Crippen LogP contribution in [0.4, 0.5) is 13.2 Å². The Morgan fingerprint density at radius 3 is 2.80 bits per heavy atom. The Hall–Kier alpha value is -2.68. The van der Waals surface area contributed by atoms with Crippen molar-refractivity contribution in [2.45, 2.75) is 25.6 Å². The smallest absolute Gasteiger partial charge is 0.332 e. The molecule has 0 aliphatic carbocycles. The van der Waals surface area contributed by atoms with Crippen LogP contribution in [0.15, 0.2) is 41.1 Å². The fourth-order valence-electron chi connectivity index (χ4n) is 2.22. The summed E-state index contributed by atoms with van der Waals surface area (Å²) >= 11 is 0. The first-order valence-corrected chi connectivity index (χ1v) is 7.60. The number of aromatic nitrogens is 4. The summed E-state index contributed by atoms with van der Waals surface area (Å²) in [6, 6.07) is 6.72. The molecule has 1 atom stereocenters. The molecule has 0 aliphatic rings. The van der Waals surface area contributed by atoms with Gasteiger partial charge < -0.3 is 9.84 Å². The highest BCUT2D eigenvalue weighted by Gasteiger charge is 2.30. The van der Waals surface area contributed by atoms with Gasteiger partial charge >= 0.3 is 6.18 Å². The summed E-state index contributed by atoms with van der Waals surface area (Å²) in [5.74, 6) is 0.759. The van der Waals surface area contributed by atoms with E-state index in [0.29, 0.717) is 23.6 Å². The number of benzene rings is 1. The zero-order valence-electron chi connectivity index (χ0n) is 13.6. The van der Waals surface area contributed by atoms with Crippen LogP contribution in [0.5, 0.6) is 0 Å². The molecule has 2 heterocycles. The van der Waals surface area contributed by atoms with Gasteiger partial charge in [0, 0.05) is 18.7 Å². The lowest BCUT2D eigenvalue weighted by Gasteiger charge is -2.08. The van der Waals surface area contributed by atoms with E-state index in [0.717, 1.165) is 12.1 Å². The maximum absolute atomic E-state index is 12.8. The van der Waals surface area contributed by atoms with Gasteiger partial charge in [-0.25, -0.2) is 4.68 Å². The van der Waals surface area contributed by atoms with Gasteiger partial charge in [0.2, 0.25) is 0 Å². The number of halogens is 3. The van der Waals surface area contributed by atoms with Crippen LogP contribution in [0.1, 0.15) is 18.3 Å². The molecule has 25 heavy (non-hydrogen) atoms. The fourth-order valence-corrected chi connectivity index (χ4v) is 2.22. The first kappa shape index (κ1) is 17.2. The summed E-state index contributed by atoms with van der Waals surface area (Å²) in [4.78, 5) is 4.26. The molecule has 2 aromatic heterocycles. The van der Waals surface area contributed by atoms with E-state index in [9.17, 15) is 13.2 Å². The molecule has 0 spiro atoms. The fraction of sp³-hybridized carbons (Fsp3) is 0.312. The summed E-state index contributed by atoms with van der Waals surface area (Å²) in [6.07, 6.45) is -2.27. The topological polar surface area (TPSA) is 68.8 Å². The third kappa shape index (κ3) is 3.87. The number of nitrogens with zero attached hydrogens (tertiary/aromatic N) is 4. The van der Waals surface area contributed by atoms with Crippen molar-refractivity contribution >= 4 is 0 Å². The summed E-state index contributed by atoms with van der Waals surface area (Å²) in [5.41, 5.74) is -0.0407. The van der Waals surface area contributed by atoms with E-state index in [2.05, 4.69) is 20.6 Å². The minimum Gasteiger partial charge on any atom is -0.332 e. The Morgan fingerprint density at radius 2 is 2.08 bits per heavy atom. The van der Waals surface area contributed by atoms with Crippen molar-refractivity contribution in [2.24, 2.45) is 0 Å². The minimum atomic E-state index is -4.41. The summed E-state index contributed by atoms with van der Waals surface area (Å²) < 4.78 is 45.0. The molecular formula is C16H16F3N5O. The second-order valence-corrected chi connectivity index (χ2v) is 5.60. The molecule has 1 aromatic carbocycles. The second-order valence-electron chi connectivity index (χ2n) is 5.60. The summed E-state index contributed by atoms with van der Waals surface area (Å²) in [6.45, 7) is 1.98. The molecule has 0 fully saturated rings. The zero-order valence-corrected chi connectivity index (χ0v) is 13.6. The van der Waals surface area contributed by atoms with Gasteiger partial charge in [-0.15, -0.1) is 0 Å².